The molecular formula is C15H22N2S. The molecule has 3 heteroatoms. The molecule has 3 N–H and O–H groups in total. The Kier molecular flexibility index (Phi) is 3.92. The number of nitrogens with two attached hydrogens (primary N) is 1. The Hall–Kier alpha value is -0.510. The summed E-state index contributed by atoms with van der Waals surface area (Å²) < 4.78 is 0. The first kappa shape index (κ1) is 12.5. The Morgan fingerprint density at radius 1 is 1.39 bits per heavy atom. The van der Waals surface area contributed by atoms with Gasteiger partial charge in [-0.25, -0.2) is 0 Å². The van der Waals surface area contributed by atoms with Crippen LogP contribution in [0.25, 0.3) is 0 Å². The second-order valence-electron chi connectivity index (χ2n) is 5.45. The molecule has 0 amide bonds. The van der Waals surface area contributed by atoms with E-state index in [0.717, 1.165) is 13.0 Å². The van der Waals surface area contributed by atoms with Crippen molar-refractivity contribution < 1.29 is 0 Å². The second kappa shape index (κ2) is 5.64. The van der Waals surface area contributed by atoms with Gasteiger partial charge in [0.1, 0.15) is 0 Å². The molecule has 2 unspecified atom stereocenters. The first-order valence-electron chi connectivity index (χ1n) is 7.07. The van der Waals surface area contributed by atoms with Crippen molar-refractivity contribution in [3.8, 4) is 0 Å². The van der Waals surface area contributed by atoms with Crippen LogP contribution in [0.5, 0.6) is 0 Å². The predicted molar refractivity (Wildman–Crippen MR) is 78.1 cm³/mol. The summed E-state index contributed by atoms with van der Waals surface area (Å²) in [5.41, 5.74) is 9.20. The fourth-order valence-electron chi connectivity index (χ4n) is 3.01. The van der Waals surface area contributed by atoms with Gasteiger partial charge in [-0.1, -0.05) is 12.1 Å². The third-order valence-corrected chi connectivity index (χ3v) is 5.26. The van der Waals surface area contributed by atoms with Gasteiger partial charge in [0.15, 0.2) is 0 Å². The number of benzene rings is 1. The molecule has 0 aromatic heterocycles. The SMILES string of the molecule is NC(CC1CCCN1)c1ccc2c(c1)CCCS2. The highest BCUT2D eigenvalue weighted by Gasteiger charge is 2.19. The van der Waals surface area contributed by atoms with E-state index >= 15 is 0 Å². The maximum Gasteiger partial charge on any atom is 0.0309 e. The smallest absolute Gasteiger partial charge is 0.0309 e. The minimum atomic E-state index is 0.192. The number of rotatable bonds is 3. The summed E-state index contributed by atoms with van der Waals surface area (Å²) >= 11 is 1.99. The Bertz CT molecular complexity index is 413. The molecule has 18 heavy (non-hydrogen) atoms. The van der Waals surface area contributed by atoms with Gasteiger partial charge in [-0.2, -0.15) is 0 Å². The molecule has 2 heterocycles. The van der Waals surface area contributed by atoms with E-state index in [2.05, 4.69) is 23.5 Å². The maximum absolute atomic E-state index is 6.36. The van der Waals surface area contributed by atoms with Gasteiger partial charge in [0.05, 0.1) is 0 Å². The quantitative estimate of drug-likeness (QED) is 0.879. The van der Waals surface area contributed by atoms with Gasteiger partial charge < -0.3 is 11.1 Å². The zero-order chi connectivity index (χ0) is 12.4. The van der Waals surface area contributed by atoms with E-state index in [1.807, 2.05) is 11.8 Å². The standard InChI is InChI=1S/C15H22N2S/c16-14(10-13-4-1-7-17-13)11-5-6-15-12(9-11)3-2-8-18-15/h5-6,9,13-14,17H,1-4,7-8,10,16H2. The average Bonchev–Trinajstić information content (AvgIpc) is 2.91. The van der Waals surface area contributed by atoms with Gasteiger partial charge in [0, 0.05) is 17.0 Å². The minimum Gasteiger partial charge on any atom is -0.324 e. The molecular weight excluding hydrogens is 240 g/mol. The minimum absolute atomic E-state index is 0.192. The van der Waals surface area contributed by atoms with E-state index in [0.29, 0.717) is 6.04 Å². The van der Waals surface area contributed by atoms with Crippen LogP contribution in [0.3, 0.4) is 0 Å². The number of fused-ring (bicyclic) bond motifs is 1. The van der Waals surface area contributed by atoms with E-state index in [9.17, 15) is 0 Å². The lowest BCUT2D eigenvalue weighted by Crippen LogP contribution is -2.26. The van der Waals surface area contributed by atoms with Crippen molar-refractivity contribution in [3.63, 3.8) is 0 Å². The van der Waals surface area contributed by atoms with Gasteiger partial charge in [-0.3, -0.25) is 0 Å². The molecule has 0 spiro atoms. The number of nitrogens with one attached hydrogen (secondary N) is 1. The van der Waals surface area contributed by atoms with Gasteiger partial charge in [0.2, 0.25) is 0 Å². The summed E-state index contributed by atoms with van der Waals surface area (Å²) in [6.07, 6.45) is 6.20. The van der Waals surface area contributed by atoms with Crippen LogP contribution in [-0.2, 0) is 6.42 Å². The van der Waals surface area contributed by atoms with Crippen LogP contribution >= 0.6 is 11.8 Å². The predicted octanol–water partition coefficient (Wildman–Crippen LogP) is 2.87. The van der Waals surface area contributed by atoms with Crippen LogP contribution in [0.2, 0.25) is 0 Å². The van der Waals surface area contributed by atoms with Crippen molar-refractivity contribution in [2.24, 2.45) is 5.73 Å². The molecule has 2 nitrogen and oxygen atoms in total. The largest absolute Gasteiger partial charge is 0.324 e. The van der Waals surface area contributed by atoms with Gasteiger partial charge >= 0.3 is 0 Å². The molecule has 1 fully saturated rings. The molecule has 2 atom stereocenters. The summed E-state index contributed by atoms with van der Waals surface area (Å²) in [6, 6.07) is 7.68. The topological polar surface area (TPSA) is 38.0 Å². The molecule has 0 aliphatic carbocycles. The molecule has 0 saturated carbocycles. The Morgan fingerprint density at radius 3 is 3.17 bits per heavy atom. The zero-order valence-electron chi connectivity index (χ0n) is 10.8. The van der Waals surface area contributed by atoms with E-state index in [-0.39, 0.29) is 6.04 Å². The number of aryl methyl sites for hydroxylation is 1. The van der Waals surface area contributed by atoms with Gasteiger partial charge in [-0.15, -0.1) is 11.8 Å². The molecule has 1 saturated heterocycles. The summed E-state index contributed by atoms with van der Waals surface area (Å²) in [7, 11) is 0. The van der Waals surface area contributed by atoms with Crippen LogP contribution in [0.4, 0.5) is 0 Å². The van der Waals surface area contributed by atoms with Crippen LogP contribution in [0, 0.1) is 0 Å². The highest BCUT2D eigenvalue weighted by molar-refractivity contribution is 7.99. The van der Waals surface area contributed by atoms with E-state index in [4.69, 9.17) is 5.73 Å². The van der Waals surface area contributed by atoms with Crippen LogP contribution < -0.4 is 11.1 Å². The maximum atomic E-state index is 6.36. The molecule has 2 aliphatic heterocycles. The van der Waals surface area contributed by atoms with Gasteiger partial charge in [-0.05, 0) is 61.6 Å². The fourth-order valence-corrected chi connectivity index (χ4v) is 4.03. The van der Waals surface area contributed by atoms with Crippen molar-refractivity contribution in [1.29, 1.82) is 0 Å². The number of hydrogen-bond donors (Lipinski definition) is 2. The summed E-state index contributed by atoms with van der Waals surface area (Å²) in [5, 5.41) is 3.54. The first-order chi connectivity index (χ1) is 8.83. The molecule has 1 aromatic carbocycles. The fraction of sp³-hybridized carbons (Fsp3) is 0.600. The van der Waals surface area contributed by atoms with Crippen LogP contribution in [-0.4, -0.2) is 18.3 Å². The molecule has 3 rings (SSSR count). The number of thioether (sulfide) groups is 1. The zero-order valence-corrected chi connectivity index (χ0v) is 11.6. The summed E-state index contributed by atoms with van der Waals surface area (Å²) in [5.74, 6) is 1.27. The summed E-state index contributed by atoms with van der Waals surface area (Å²) in [6.45, 7) is 1.16. The van der Waals surface area contributed by atoms with E-state index in [1.54, 1.807) is 0 Å². The van der Waals surface area contributed by atoms with E-state index in [1.165, 1.54) is 47.5 Å². The highest BCUT2D eigenvalue weighted by Crippen LogP contribution is 2.32. The van der Waals surface area contributed by atoms with Crippen molar-refractivity contribution in [1.82, 2.24) is 5.32 Å². The molecule has 98 valence electrons. The third kappa shape index (κ3) is 2.73. The van der Waals surface area contributed by atoms with Crippen molar-refractivity contribution >= 4 is 11.8 Å². The molecule has 2 aliphatic rings. The Balaban J connectivity index is 1.70. The Morgan fingerprint density at radius 2 is 2.33 bits per heavy atom. The van der Waals surface area contributed by atoms with Crippen molar-refractivity contribution in [2.75, 3.05) is 12.3 Å². The second-order valence-corrected chi connectivity index (χ2v) is 6.59. The van der Waals surface area contributed by atoms with Crippen LogP contribution in [0.1, 0.15) is 42.9 Å². The lowest BCUT2D eigenvalue weighted by molar-refractivity contribution is 0.498. The highest BCUT2D eigenvalue weighted by atomic mass is 32.2. The normalized spacial score (nSPS) is 24.8. The lowest BCUT2D eigenvalue weighted by Gasteiger charge is -2.20. The first-order valence-corrected chi connectivity index (χ1v) is 8.06. The Labute approximate surface area is 114 Å². The van der Waals surface area contributed by atoms with Crippen LogP contribution in [0.15, 0.2) is 23.1 Å². The summed E-state index contributed by atoms with van der Waals surface area (Å²) in [4.78, 5) is 1.47. The lowest BCUT2D eigenvalue weighted by atomic mass is 9.96. The monoisotopic (exact) mass is 262 g/mol. The van der Waals surface area contributed by atoms with E-state index < -0.39 is 0 Å². The van der Waals surface area contributed by atoms with Crippen molar-refractivity contribution in [2.45, 2.75) is 49.1 Å². The third-order valence-electron chi connectivity index (χ3n) is 4.06. The molecule has 1 aromatic rings. The van der Waals surface area contributed by atoms with Gasteiger partial charge in [0.25, 0.3) is 0 Å². The molecule has 0 radical (unpaired) electrons. The number of hydrogen-bond acceptors (Lipinski definition) is 3. The van der Waals surface area contributed by atoms with Crippen molar-refractivity contribution in [3.05, 3.63) is 29.3 Å². The average molecular weight is 262 g/mol. The molecule has 0 bridgehead atoms.